The molecule has 2 N–H and O–H groups in total. The Morgan fingerprint density at radius 1 is 0.963 bits per heavy atom. The van der Waals surface area contributed by atoms with Gasteiger partial charge in [-0.3, -0.25) is 9.59 Å². The summed E-state index contributed by atoms with van der Waals surface area (Å²) in [5.74, 6) is 0.876. The highest BCUT2D eigenvalue weighted by atomic mass is 16.5. The molecule has 0 heterocycles. The van der Waals surface area contributed by atoms with Crippen LogP contribution in [0.15, 0.2) is 36.4 Å². The first-order chi connectivity index (χ1) is 12.8. The third kappa shape index (κ3) is 5.58. The van der Waals surface area contributed by atoms with Crippen LogP contribution in [0.25, 0.3) is 0 Å². The van der Waals surface area contributed by atoms with Gasteiger partial charge in [0.15, 0.2) is 0 Å². The predicted octanol–water partition coefficient (Wildman–Crippen LogP) is 4.34. The normalized spacial score (nSPS) is 10.6. The number of aryl methyl sites for hydroxylation is 2. The number of anilines is 1. The molecular formula is C22H28N2O3. The lowest BCUT2D eigenvalue weighted by atomic mass is 10.1. The molecule has 0 bridgehead atoms. The van der Waals surface area contributed by atoms with Gasteiger partial charge in [0, 0.05) is 23.4 Å². The topological polar surface area (TPSA) is 67.4 Å². The molecule has 144 valence electrons. The van der Waals surface area contributed by atoms with Gasteiger partial charge in [0.25, 0.3) is 11.8 Å². The van der Waals surface area contributed by atoms with E-state index in [9.17, 15) is 9.59 Å². The smallest absolute Gasteiger partial charge is 0.255 e. The highest BCUT2D eigenvalue weighted by Crippen LogP contribution is 2.21. The molecule has 0 spiro atoms. The maximum Gasteiger partial charge on any atom is 0.255 e. The van der Waals surface area contributed by atoms with Gasteiger partial charge in [-0.2, -0.15) is 0 Å². The molecule has 2 rings (SSSR count). The molecule has 0 aromatic heterocycles. The molecule has 0 saturated carbocycles. The standard InChI is InChI=1S/C22H28N2O3/c1-6-27-20-10-8-18(12-16(20)5)22(26)24-19-9-7-17(11-15(19)4)21(25)23-13-14(2)3/h7-12,14H,6,13H2,1-5H3,(H,23,25)(H,24,26). The summed E-state index contributed by atoms with van der Waals surface area (Å²) >= 11 is 0. The molecule has 0 atom stereocenters. The second-order valence-corrected chi connectivity index (χ2v) is 7.00. The lowest BCUT2D eigenvalue weighted by Gasteiger charge is -2.13. The Hall–Kier alpha value is -2.82. The molecular weight excluding hydrogens is 340 g/mol. The lowest BCUT2D eigenvalue weighted by molar-refractivity contribution is 0.0948. The van der Waals surface area contributed by atoms with Crippen LogP contribution in [0.1, 0.15) is 52.6 Å². The van der Waals surface area contributed by atoms with Crippen LogP contribution >= 0.6 is 0 Å². The molecule has 2 aromatic carbocycles. The fourth-order valence-corrected chi connectivity index (χ4v) is 2.65. The largest absolute Gasteiger partial charge is 0.494 e. The first-order valence-corrected chi connectivity index (χ1v) is 9.25. The van der Waals surface area contributed by atoms with E-state index in [-0.39, 0.29) is 11.8 Å². The molecule has 5 heteroatoms. The number of hydrogen-bond acceptors (Lipinski definition) is 3. The Morgan fingerprint density at radius 2 is 1.59 bits per heavy atom. The zero-order valence-corrected chi connectivity index (χ0v) is 16.7. The van der Waals surface area contributed by atoms with Crippen molar-refractivity contribution in [3.8, 4) is 5.75 Å². The number of rotatable bonds is 7. The molecule has 0 aliphatic carbocycles. The first-order valence-electron chi connectivity index (χ1n) is 9.25. The van der Waals surface area contributed by atoms with Crippen molar-refractivity contribution in [2.75, 3.05) is 18.5 Å². The van der Waals surface area contributed by atoms with Gasteiger partial charge in [0.05, 0.1) is 6.61 Å². The summed E-state index contributed by atoms with van der Waals surface area (Å²) in [5, 5.41) is 5.81. The third-order valence-corrected chi connectivity index (χ3v) is 4.14. The van der Waals surface area contributed by atoms with E-state index < -0.39 is 0 Å². The van der Waals surface area contributed by atoms with Crippen molar-refractivity contribution in [1.82, 2.24) is 5.32 Å². The number of carbonyl (C=O) groups is 2. The quantitative estimate of drug-likeness (QED) is 0.764. The van der Waals surface area contributed by atoms with Gasteiger partial charge in [-0.15, -0.1) is 0 Å². The monoisotopic (exact) mass is 368 g/mol. The third-order valence-electron chi connectivity index (χ3n) is 4.14. The molecule has 2 aromatic rings. The van der Waals surface area contributed by atoms with Crippen LogP contribution in [0.2, 0.25) is 0 Å². The summed E-state index contributed by atoms with van der Waals surface area (Å²) < 4.78 is 5.51. The van der Waals surface area contributed by atoms with Gasteiger partial charge in [-0.25, -0.2) is 0 Å². The maximum atomic E-state index is 12.6. The van der Waals surface area contributed by atoms with Crippen LogP contribution in [-0.2, 0) is 0 Å². The van der Waals surface area contributed by atoms with Crippen LogP contribution in [0.3, 0.4) is 0 Å². The average Bonchev–Trinajstić information content (AvgIpc) is 2.63. The van der Waals surface area contributed by atoms with Gasteiger partial charge in [0.1, 0.15) is 5.75 Å². The molecule has 0 radical (unpaired) electrons. The van der Waals surface area contributed by atoms with Crippen molar-refractivity contribution in [3.63, 3.8) is 0 Å². The van der Waals surface area contributed by atoms with Crippen LogP contribution < -0.4 is 15.4 Å². The number of benzene rings is 2. The number of amides is 2. The fourth-order valence-electron chi connectivity index (χ4n) is 2.65. The molecule has 0 aliphatic rings. The molecule has 27 heavy (non-hydrogen) atoms. The Labute approximate surface area is 161 Å². The van der Waals surface area contributed by atoms with Gasteiger partial charge >= 0.3 is 0 Å². The van der Waals surface area contributed by atoms with Gasteiger partial charge in [-0.05, 0) is 74.2 Å². The predicted molar refractivity (Wildman–Crippen MR) is 109 cm³/mol. The van der Waals surface area contributed by atoms with E-state index in [4.69, 9.17) is 4.74 Å². The summed E-state index contributed by atoms with van der Waals surface area (Å²) in [5.41, 5.74) is 3.59. The Balaban J connectivity index is 2.10. The van der Waals surface area contributed by atoms with Crippen LogP contribution in [0.5, 0.6) is 5.75 Å². The van der Waals surface area contributed by atoms with Crippen LogP contribution in [0, 0.1) is 19.8 Å². The fraction of sp³-hybridized carbons (Fsp3) is 0.364. The minimum Gasteiger partial charge on any atom is -0.494 e. The Bertz CT molecular complexity index is 828. The molecule has 5 nitrogen and oxygen atoms in total. The van der Waals surface area contributed by atoms with Crippen molar-refractivity contribution in [2.45, 2.75) is 34.6 Å². The Morgan fingerprint density at radius 3 is 2.19 bits per heavy atom. The molecule has 0 unspecified atom stereocenters. The zero-order chi connectivity index (χ0) is 20.0. The number of carbonyl (C=O) groups excluding carboxylic acids is 2. The number of hydrogen-bond donors (Lipinski definition) is 2. The SMILES string of the molecule is CCOc1ccc(C(=O)Nc2ccc(C(=O)NCC(C)C)cc2C)cc1C. The van der Waals surface area contributed by atoms with Crippen molar-refractivity contribution in [2.24, 2.45) is 5.92 Å². The van der Waals surface area contributed by atoms with E-state index in [1.807, 2.05) is 46.8 Å². The molecule has 0 saturated heterocycles. The summed E-state index contributed by atoms with van der Waals surface area (Å²) in [6.07, 6.45) is 0. The highest BCUT2D eigenvalue weighted by molar-refractivity contribution is 6.05. The van der Waals surface area contributed by atoms with Crippen molar-refractivity contribution < 1.29 is 14.3 Å². The van der Waals surface area contributed by atoms with E-state index in [0.717, 1.165) is 16.9 Å². The van der Waals surface area contributed by atoms with E-state index in [2.05, 4.69) is 10.6 Å². The van der Waals surface area contributed by atoms with Crippen molar-refractivity contribution in [1.29, 1.82) is 0 Å². The highest BCUT2D eigenvalue weighted by Gasteiger charge is 2.12. The molecule has 2 amide bonds. The lowest BCUT2D eigenvalue weighted by Crippen LogP contribution is -2.27. The number of ether oxygens (including phenoxy) is 1. The number of nitrogens with one attached hydrogen (secondary N) is 2. The summed E-state index contributed by atoms with van der Waals surface area (Å²) in [6.45, 7) is 11.0. The Kier molecular flexibility index (Phi) is 6.99. The van der Waals surface area contributed by atoms with E-state index in [1.165, 1.54) is 0 Å². The van der Waals surface area contributed by atoms with Gasteiger partial charge < -0.3 is 15.4 Å². The second-order valence-electron chi connectivity index (χ2n) is 7.00. The zero-order valence-electron chi connectivity index (χ0n) is 16.7. The van der Waals surface area contributed by atoms with E-state index >= 15 is 0 Å². The minimum absolute atomic E-state index is 0.105. The van der Waals surface area contributed by atoms with Crippen LogP contribution in [-0.4, -0.2) is 25.0 Å². The molecule has 0 aliphatic heterocycles. The second kappa shape index (κ2) is 9.21. The van der Waals surface area contributed by atoms with E-state index in [1.54, 1.807) is 24.3 Å². The van der Waals surface area contributed by atoms with Crippen molar-refractivity contribution >= 4 is 17.5 Å². The first kappa shape index (κ1) is 20.5. The van der Waals surface area contributed by atoms with Crippen molar-refractivity contribution in [3.05, 3.63) is 58.7 Å². The summed E-state index contributed by atoms with van der Waals surface area (Å²) in [4.78, 5) is 24.7. The van der Waals surface area contributed by atoms with E-state index in [0.29, 0.717) is 35.9 Å². The minimum atomic E-state index is -0.193. The maximum absolute atomic E-state index is 12.6. The summed E-state index contributed by atoms with van der Waals surface area (Å²) in [7, 11) is 0. The average molecular weight is 368 g/mol. The molecule has 0 fully saturated rings. The van der Waals surface area contributed by atoms with Gasteiger partial charge in [0.2, 0.25) is 0 Å². The summed E-state index contributed by atoms with van der Waals surface area (Å²) in [6, 6.07) is 10.6. The van der Waals surface area contributed by atoms with Crippen LogP contribution in [0.4, 0.5) is 5.69 Å². The van der Waals surface area contributed by atoms with Gasteiger partial charge in [-0.1, -0.05) is 13.8 Å².